The first kappa shape index (κ1) is 19.7. The minimum Gasteiger partial charge on any atom is -0.272 e. The Bertz CT molecular complexity index is 1050. The topological polar surface area (TPSA) is 171 Å². The molecule has 2 rings (SSSR count). The number of allylic oxidation sites excluding steroid dienone is 1. The molecule has 2 aromatic carbocycles. The first-order chi connectivity index (χ1) is 12.7. The van der Waals surface area contributed by atoms with Crippen LogP contribution in [0.5, 0.6) is 0 Å². The summed E-state index contributed by atoms with van der Waals surface area (Å²) in [4.78, 5) is 20.3. The second-order valence-electron chi connectivity index (χ2n) is 5.05. The van der Waals surface area contributed by atoms with Crippen LogP contribution in [0, 0.1) is 20.2 Å². The minimum absolute atomic E-state index is 0.0530. The number of nitrogens with one attached hydrogen (secondary N) is 1. The summed E-state index contributed by atoms with van der Waals surface area (Å²) in [5, 5.41) is 30.7. The Morgan fingerprint density at radius 2 is 1.70 bits per heavy atom. The molecule has 0 bridgehead atoms. The average Bonchev–Trinajstić information content (AvgIpc) is 2.60. The maximum absolute atomic E-state index is 11.3. The standard InChI is InChI=1S/C15H13N5O6S/c16-27(25,26)12-7-8-13(15(10-12)20(23)24)18-17-9-3-5-11-4-1-2-6-14(11)19(21)22/h1-10,18H,(H2,16,25,26)/b5-3+,17-9+. The van der Waals surface area contributed by atoms with Crippen molar-refractivity contribution in [1.29, 1.82) is 0 Å². The van der Waals surface area contributed by atoms with Crippen LogP contribution in [-0.4, -0.2) is 24.5 Å². The highest BCUT2D eigenvalue weighted by atomic mass is 32.2. The number of benzene rings is 2. The van der Waals surface area contributed by atoms with Crippen LogP contribution in [0.1, 0.15) is 5.56 Å². The van der Waals surface area contributed by atoms with Crippen molar-refractivity contribution in [3.05, 3.63) is 74.3 Å². The van der Waals surface area contributed by atoms with Crippen molar-refractivity contribution < 1.29 is 18.3 Å². The lowest BCUT2D eigenvalue weighted by molar-refractivity contribution is -0.385. The summed E-state index contributed by atoms with van der Waals surface area (Å²) < 4.78 is 22.6. The number of anilines is 1. The van der Waals surface area contributed by atoms with Gasteiger partial charge in [-0.05, 0) is 30.4 Å². The first-order valence-corrected chi connectivity index (χ1v) is 8.75. The van der Waals surface area contributed by atoms with Crippen molar-refractivity contribution in [2.45, 2.75) is 4.90 Å². The Hall–Kier alpha value is -3.64. The summed E-state index contributed by atoms with van der Waals surface area (Å²) in [6.07, 6.45) is 4.08. The quantitative estimate of drug-likeness (QED) is 0.414. The summed E-state index contributed by atoms with van der Waals surface area (Å²) >= 11 is 0. The van der Waals surface area contributed by atoms with Gasteiger partial charge < -0.3 is 0 Å². The van der Waals surface area contributed by atoms with Gasteiger partial charge in [-0.15, -0.1) is 0 Å². The van der Waals surface area contributed by atoms with Crippen LogP contribution in [-0.2, 0) is 10.0 Å². The van der Waals surface area contributed by atoms with Gasteiger partial charge in [-0.1, -0.05) is 12.1 Å². The molecular formula is C15H13N5O6S. The molecule has 0 unspecified atom stereocenters. The highest BCUT2D eigenvalue weighted by Crippen LogP contribution is 2.27. The number of nitrogens with zero attached hydrogens (tertiary/aromatic N) is 3. The minimum atomic E-state index is -4.08. The number of nitrogens with two attached hydrogens (primary N) is 1. The van der Waals surface area contributed by atoms with E-state index in [2.05, 4.69) is 10.5 Å². The molecule has 0 fully saturated rings. The molecule has 0 saturated carbocycles. The summed E-state index contributed by atoms with van der Waals surface area (Å²) in [6, 6.07) is 9.15. The smallest absolute Gasteiger partial charge is 0.272 e. The summed E-state index contributed by atoms with van der Waals surface area (Å²) in [6.45, 7) is 0. The predicted octanol–water partition coefficient (Wildman–Crippen LogP) is 2.26. The number of nitro benzene ring substituents is 2. The van der Waals surface area contributed by atoms with Crippen LogP contribution in [0.4, 0.5) is 17.1 Å². The van der Waals surface area contributed by atoms with E-state index >= 15 is 0 Å². The number of primary sulfonamides is 1. The maximum atomic E-state index is 11.3. The number of hydrogen-bond donors (Lipinski definition) is 2. The largest absolute Gasteiger partial charge is 0.295 e. The Balaban J connectivity index is 2.17. The molecule has 0 amide bonds. The number of hydrogen-bond acceptors (Lipinski definition) is 8. The molecular weight excluding hydrogens is 378 g/mol. The SMILES string of the molecule is NS(=O)(=O)c1ccc(N/N=C/C=C/c2ccccc2[N+](=O)[O-])c([N+](=O)[O-])c1. The van der Waals surface area contributed by atoms with Crippen LogP contribution < -0.4 is 10.6 Å². The zero-order chi connectivity index (χ0) is 20.0. The summed E-state index contributed by atoms with van der Waals surface area (Å²) in [5.41, 5.74) is 2.10. The predicted molar refractivity (Wildman–Crippen MR) is 98.7 cm³/mol. The molecule has 0 spiro atoms. The third-order valence-corrected chi connectivity index (χ3v) is 4.16. The van der Waals surface area contributed by atoms with Gasteiger partial charge in [0.05, 0.1) is 20.3 Å². The lowest BCUT2D eigenvalue weighted by Crippen LogP contribution is -2.12. The molecule has 12 heteroatoms. The summed E-state index contributed by atoms with van der Waals surface area (Å²) in [7, 11) is -4.08. The number of hydrazone groups is 1. The van der Waals surface area contributed by atoms with E-state index in [4.69, 9.17) is 5.14 Å². The molecule has 3 N–H and O–H groups in total. The molecule has 0 aromatic heterocycles. The zero-order valence-electron chi connectivity index (χ0n) is 13.6. The molecule has 2 aromatic rings. The van der Waals surface area contributed by atoms with Crippen molar-refractivity contribution >= 4 is 39.4 Å². The molecule has 0 aliphatic heterocycles. The van der Waals surface area contributed by atoms with Crippen molar-refractivity contribution in [3.63, 3.8) is 0 Å². The van der Waals surface area contributed by atoms with Crippen molar-refractivity contribution in [2.24, 2.45) is 10.2 Å². The van der Waals surface area contributed by atoms with Gasteiger partial charge in [0.1, 0.15) is 5.69 Å². The van der Waals surface area contributed by atoms with E-state index < -0.39 is 30.5 Å². The van der Waals surface area contributed by atoms with E-state index in [1.165, 1.54) is 30.5 Å². The molecule has 0 radical (unpaired) electrons. The van der Waals surface area contributed by atoms with Crippen LogP contribution in [0.2, 0.25) is 0 Å². The molecule has 140 valence electrons. The van der Waals surface area contributed by atoms with Gasteiger partial charge in [-0.2, -0.15) is 5.10 Å². The van der Waals surface area contributed by atoms with E-state index in [9.17, 15) is 28.6 Å². The van der Waals surface area contributed by atoms with Crippen LogP contribution in [0.25, 0.3) is 6.08 Å². The number of sulfonamides is 1. The van der Waals surface area contributed by atoms with Crippen molar-refractivity contribution in [3.8, 4) is 0 Å². The Morgan fingerprint density at radius 1 is 1.04 bits per heavy atom. The van der Waals surface area contributed by atoms with Gasteiger partial charge >= 0.3 is 0 Å². The molecule has 0 aliphatic rings. The fraction of sp³-hybridized carbons (Fsp3) is 0. The highest BCUT2D eigenvalue weighted by molar-refractivity contribution is 7.89. The molecule has 27 heavy (non-hydrogen) atoms. The highest BCUT2D eigenvalue weighted by Gasteiger charge is 2.18. The van der Waals surface area contributed by atoms with E-state index in [1.54, 1.807) is 12.1 Å². The number of rotatable bonds is 7. The molecule has 11 nitrogen and oxygen atoms in total. The zero-order valence-corrected chi connectivity index (χ0v) is 14.4. The molecule has 0 atom stereocenters. The summed E-state index contributed by atoms with van der Waals surface area (Å²) in [5.74, 6) is 0. The Morgan fingerprint density at radius 3 is 2.33 bits per heavy atom. The third kappa shape index (κ3) is 5.17. The van der Waals surface area contributed by atoms with Gasteiger partial charge in [0.2, 0.25) is 10.0 Å². The van der Waals surface area contributed by atoms with Crippen LogP contribution in [0.3, 0.4) is 0 Å². The Labute approximate surface area is 153 Å². The van der Waals surface area contributed by atoms with Crippen molar-refractivity contribution in [2.75, 3.05) is 5.43 Å². The average molecular weight is 391 g/mol. The fourth-order valence-electron chi connectivity index (χ4n) is 2.03. The Kier molecular flexibility index (Phi) is 5.95. The third-order valence-electron chi connectivity index (χ3n) is 3.25. The van der Waals surface area contributed by atoms with Gasteiger partial charge in [0.25, 0.3) is 11.4 Å². The normalized spacial score (nSPS) is 11.7. The fourth-order valence-corrected chi connectivity index (χ4v) is 2.56. The van der Waals surface area contributed by atoms with Gasteiger partial charge in [-0.25, -0.2) is 13.6 Å². The molecule has 0 aliphatic carbocycles. The van der Waals surface area contributed by atoms with Gasteiger partial charge in [-0.3, -0.25) is 25.7 Å². The lowest BCUT2D eigenvalue weighted by Gasteiger charge is -2.03. The number of nitro groups is 2. The maximum Gasteiger partial charge on any atom is 0.295 e. The second-order valence-corrected chi connectivity index (χ2v) is 6.61. The molecule has 0 heterocycles. The van der Waals surface area contributed by atoms with Gasteiger partial charge in [0.15, 0.2) is 0 Å². The van der Waals surface area contributed by atoms with Crippen LogP contribution in [0.15, 0.2) is 58.5 Å². The lowest BCUT2D eigenvalue weighted by atomic mass is 10.2. The molecule has 0 saturated heterocycles. The van der Waals surface area contributed by atoms with Crippen LogP contribution >= 0.6 is 0 Å². The first-order valence-electron chi connectivity index (χ1n) is 7.20. The monoisotopic (exact) mass is 391 g/mol. The number of para-hydroxylation sites is 1. The van der Waals surface area contributed by atoms with E-state index in [0.29, 0.717) is 5.56 Å². The van der Waals surface area contributed by atoms with E-state index in [0.717, 1.165) is 18.2 Å². The van der Waals surface area contributed by atoms with Gasteiger partial charge in [0, 0.05) is 18.3 Å². The van der Waals surface area contributed by atoms with Crippen molar-refractivity contribution in [1.82, 2.24) is 0 Å². The van der Waals surface area contributed by atoms with E-state index in [1.807, 2.05) is 0 Å². The van der Waals surface area contributed by atoms with E-state index in [-0.39, 0.29) is 11.4 Å². The second kappa shape index (κ2) is 8.16.